The van der Waals surface area contributed by atoms with Crippen molar-refractivity contribution in [1.29, 1.82) is 0 Å². The highest BCUT2D eigenvalue weighted by Crippen LogP contribution is 2.28. The fourth-order valence-corrected chi connectivity index (χ4v) is 1.84. The van der Waals surface area contributed by atoms with Gasteiger partial charge in [-0.2, -0.15) is 0 Å². The predicted octanol–water partition coefficient (Wildman–Crippen LogP) is 3.49. The van der Waals surface area contributed by atoms with Crippen LogP contribution in [-0.4, -0.2) is 18.1 Å². The minimum atomic E-state index is -0.226. The highest BCUT2D eigenvalue weighted by Gasteiger charge is 2.15. The molecule has 1 aromatic carbocycles. The van der Waals surface area contributed by atoms with Crippen molar-refractivity contribution in [3.8, 4) is 5.75 Å². The molecule has 0 saturated heterocycles. The third kappa shape index (κ3) is 5.33. The number of carbonyl (C=O) groups excluding carboxylic acids is 1. The van der Waals surface area contributed by atoms with E-state index in [1.54, 1.807) is 0 Å². The monoisotopic (exact) mass is 263 g/mol. The molecule has 0 aliphatic heterocycles. The number of ether oxygens (including phenoxy) is 1. The fourth-order valence-electron chi connectivity index (χ4n) is 1.84. The summed E-state index contributed by atoms with van der Waals surface area (Å²) in [6.45, 7) is 10.2. The van der Waals surface area contributed by atoms with Crippen LogP contribution in [0.4, 0.5) is 0 Å². The Hall–Kier alpha value is -1.51. The van der Waals surface area contributed by atoms with Gasteiger partial charge in [-0.25, -0.2) is 0 Å². The summed E-state index contributed by atoms with van der Waals surface area (Å²) in [5.74, 6) is 1.15. The lowest BCUT2D eigenvalue weighted by Gasteiger charge is -2.21. The second kappa shape index (κ2) is 6.60. The largest absolute Gasteiger partial charge is 0.483 e. The Morgan fingerprint density at radius 1 is 1.32 bits per heavy atom. The van der Waals surface area contributed by atoms with Gasteiger partial charge in [0.05, 0.1) is 0 Å². The number of carbonyl (C=O) groups is 1. The van der Waals surface area contributed by atoms with Gasteiger partial charge in [-0.05, 0) is 44.7 Å². The van der Waals surface area contributed by atoms with Crippen molar-refractivity contribution in [3.63, 3.8) is 0 Å². The van der Waals surface area contributed by atoms with Gasteiger partial charge >= 0.3 is 0 Å². The lowest BCUT2D eigenvalue weighted by molar-refractivity contribution is -0.124. The summed E-state index contributed by atoms with van der Waals surface area (Å²) in [4.78, 5) is 11.7. The number of para-hydroxylation sites is 1. The standard InChI is InChI=1S/C16H25NO2/c1-6-12(2)13-9-7-8-10-14(13)19-11-15(18)17-16(3,4)5/h7-10,12H,6,11H2,1-5H3,(H,17,18). The minimum absolute atomic E-state index is 0.0602. The Labute approximate surface area is 116 Å². The first-order valence-corrected chi connectivity index (χ1v) is 6.86. The molecule has 0 heterocycles. The topological polar surface area (TPSA) is 38.3 Å². The molecule has 1 atom stereocenters. The average Bonchev–Trinajstić information content (AvgIpc) is 2.33. The summed E-state index contributed by atoms with van der Waals surface area (Å²) < 4.78 is 5.66. The van der Waals surface area contributed by atoms with Crippen molar-refractivity contribution < 1.29 is 9.53 Å². The summed E-state index contributed by atoms with van der Waals surface area (Å²) in [5.41, 5.74) is 0.935. The van der Waals surface area contributed by atoms with E-state index < -0.39 is 0 Å². The van der Waals surface area contributed by atoms with Crippen LogP contribution in [-0.2, 0) is 4.79 Å². The van der Waals surface area contributed by atoms with Gasteiger partial charge in [-0.3, -0.25) is 4.79 Å². The van der Waals surface area contributed by atoms with Crippen LogP contribution in [0.1, 0.15) is 52.5 Å². The zero-order chi connectivity index (χ0) is 14.5. The summed E-state index contributed by atoms with van der Waals surface area (Å²) >= 11 is 0. The quantitative estimate of drug-likeness (QED) is 0.883. The Morgan fingerprint density at radius 2 is 1.95 bits per heavy atom. The van der Waals surface area contributed by atoms with E-state index in [9.17, 15) is 4.79 Å². The first kappa shape index (κ1) is 15.5. The molecule has 1 unspecified atom stereocenters. The second-order valence-electron chi connectivity index (χ2n) is 5.93. The van der Waals surface area contributed by atoms with Crippen molar-refractivity contribution in [3.05, 3.63) is 29.8 Å². The average molecular weight is 263 g/mol. The van der Waals surface area contributed by atoms with E-state index in [1.165, 1.54) is 0 Å². The lowest BCUT2D eigenvalue weighted by Crippen LogP contribution is -2.43. The van der Waals surface area contributed by atoms with E-state index in [4.69, 9.17) is 4.74 Å². The van der Waals surface area contributed by atoms with E-state index in [0.29, 0.717) is 5.92 Å². The molecule has 0 saturated carbocycles. The maximum Gasteiger partial charge on any atom is 0.258 e. The molecule has 0 fully saturated rings. The number of rotatable bonds is 5. The zero-order valence-corrected chi connectivity index (χ0v) is 12.6. The molecule has 1 rings (SSSR count). The normalized spacial score (nSPS) is 12.9. The SMILES string of the molecule is CCC(C)c1ccccc1OCC(=O)NC(C)(C)C. The number of hydrogen-bond donors (Lipinski definition) is 1. The van der Waals surface area contributed by atoms with Gasteiger partial charge in [0.15, 0.2) is 6.61 Å². The van der Waals surface area contributed by atoms with Gasteiger partial charge in [-0.15, -0.1) is 0 Å². The van der Waals surface area contributed by atoms with E-state index in [2.05, 4.69) is 25.2 Å². The van der Waals surface area contributed by atoms with Crippen molar-refractivity contribution in [1.82, 2.24) is 5.32 Å². The van der Waals surface area contributed by atoms with E-state index >= 15 is 0 Å². The molecule has 3 heteroatoms. The third-order valence-electron chi connectivity index (χ3n) is 2.94. The minimum Gasteiger partial charge on any atom is -0.483 e. The Bertz CT molecular complexity index is 421. The van der Waals surface area contributed by atoms with Crippen LogP contribution in [0, 0.1) is 0 Å². The second-order valence-corrected chi connectivity index (χ2v) is 5.93. The molecule has 1 N–H and O–H groups in total. The number of benzene rings is 1. The Kier molecular flexibility index (Phi) is 5.40. The van der Waals surface area contributed by atoms with Crippen LogP contribution in [0.2, 0.25) is 0 Å². The number of nitrogens with one attached hydrogen (secondary N) is 1. The zero-order valence-electron chi connectivity index (χ0n) is 12.6. The van der Waals surface area contributed by atoms with Gasteiger partial charge in [-0.1, -0.05) is 32.0 Å². The molecule has 0 aliphatic carbocycles. The van der Waals surface area contributed by atoms with Crippen LogP contribution in [0.3, 0.4) is 0 Å². The maximum absolute atomic E-state index is 11.7. The van der Waals surface area contributed by atoms with Gasteiger partial charge in [0.1, 0.15) is 5.75 Å². The molecule has 3 nitrogen and oxygen atoms in total. The highest BCUT2D eigenvalue weighted by molar-refractivity contribution is 5.78. The van der Waals surface area contributed by atoms with Gasteiger partial charge in [0.25, 0.3) is 5.91 Å². The van der Waals surface area contributed by atoms with E-state index in [-0.39, 0.29) is 18.1 Å². The molecular formula is C16H25NO2. The van der Waals surface area contributed by atoms with Crippen LogP contribution < -0.4 is 10.1 Å². The predicted molar refractivity (Wildman–Crippen MR) is 78.5 cm³/mol. The molecule has 0 aliphatic rings. The fraction of sp³-hybridized carbons (Fsp3) is 0.562. The summed E-state index contributed by atoms with van der Waals surface area (Å²) in [6.07, 6.45) is 1.05. The molecule has 0 spiro atoms. The molecule has 0 bridgehead atoms. The summed E-state index contributed by atoms with van der Waals surface area (Å²) in [6, 6.07) is 7.92. The van der Waals surface area contributed by atoms with Crippen LogP contribution in [0.5, 0.6) is 5.75 Å². The summed E-state index contributed by atoms with van der Waals surface area (Å²) in [5, 5.41) is 2.89. The Balaban J connectivity index is 2.65. The smallest absolute Gasteiger partial charge is 0.258 e. The third-order valence-corrected chi connectivity index (χ3v) is 2.94. The molecule has 0 radical (unpaired) electrons. The Morgan fingerprint density at radius 3 is 2.53 bits per heavy atom. The summed E-state index contributed by atoms with van der Waals surface area (Å²) in [7, 11) is 0. The van der Waals surface area contributed by atoms with Crippen LogP contribution >= 0.6 is 0 Å². The van der Waals surface area contributed by atoms with Crippen molar-refractivity contribution >= 4 is 5.91 Å². The van der Waals surface area contributed by atoms with Gasteiger partial charge in [0.2, 0.25) is 0 Å². The van der Waals surface area contributed by atoms with Crippen LogP contribution in [0.25, 0.3) is 0 Å². The van der Waals surface area contributed by atoms with Gasteiger partial charge in [0, 0.05) is 5.54 Å². The van der Waals surface area contributed by atoms with E-state index in [1.807, 2.05) is 39.0 Å². The van der Waals surface area contributed by atoms with Crippen molar-refractivity contribution in [2.45, 2.75) is 52.5 Å². The van der Waals surface area contributed by atoms with Gasteiger partial charge < -0.3 is 10.1 Å². The first-order valence-electron chi connectivity index (χ1n) is 6.86. The molecule has 1 amide bonds. The first-order chi connectivity index (χ1) is 8.83. The van der Waals surface area contributed by atoms with Crippen LogP contribution in [0.15, 0.2) is 24.3 Å². The molecule has 1 aromatic rings. The van der Waals surface area contributed by atoms with Crippen molar-refractivity contribution in [2.24, 2.45) is 0 Å². The number of amides is 1. The molecule has 0 aromatic heterocycles. The molecule has 19 heavy (non-hydrogen) atoms. The lowest BCUT2D eigenvalue weighted by atomic mass is 9.98. The maximum atomic E-state index is 11.7. The van der Waals surface area contributed by atoms with Crippen molar-refractivity contribution in [2.75, 3.05) is 6.61 Å². The molecular weight excluding hydrogens is 238 g/mol. The number of hydrogen-bond acceptors (Lipinski definition) is 2. The molecule has 106 valence electrons. The highest BCUT2D eigenvalue weighted by atomic mass is 16.5. The van der Waals surface area contributed by atoms with E-state index in [0.717, 1.165) is 17.7 Å².